The molecule has 1 aromatic rings. The zero-order valence-electron chi connectivity index (χ0n) is 9.91. The van der Waals surface area contributed by atoms with Crippen LogP contribution in [0.2, 0.25) is 4.34 Å². The Morgan fingerprint density at radius 2 is 2.41 bits per heavy atom. The smallest absolute Gasteiger partial charge is 0.240 e. The highest BCUT2D eigenvalue weighted by Gasteiger charge is 2.27. The first-order valence-electron chi connectivity index (χ1n) is 5.97. The third kappa shape index (κ3) is 3.21. The van der Waals surface area contributed by atoms with Gasteiger partial charge in [0.2, 0.25) is 5.91 Å². The average molecular weight is 273 g/mol. The summed E-state index contributed by atoms with van der Waals surface area (Å²) in [6.45, 7) is 4.43. The normalized spacial score (nSPS) is 20.9. The molecule has 3 nitrogen and oxygen atoms in total. The van der Waals surface area contributed by atoms with Gasteiger partial charge in [-0.3, -0.25) is 4.79 Å². The molecule has 0 radical (unpaired) electrons. The number of thiophene rings is 1. The van der Waals surface area contributed by atoms with Crippen molar-refractivity contribution in [2.75, 3.05) is 13.1 Å². The van der Waals surface area contributed by atoms with Crippen LogP contribution in [0.4, 0.5) is 0 Å². The molecule has 1 amide bonds. The molecule has 1 fully saturated rings. The Kier molecular flexibility index (Phi) is 4.42. The summed E-state index contributed by atoms with van der Waals surface area (Å²) in [5, 5.41) is 3.24. The fraction of sp³-hybridized carbons (Fsp3) is 0.583. The highest BCUT2D eigenvalue weighted by atomic mass is 35.5. The summed E-state index contributed by atoms with van der Waals surface area (Å²) in [4.78, 5) is 15.2. The molecule has 1 atom stereocenters. The van der Waals surface area contributed by atoms with Gasteiger partial charge in [-0.1, -0.05) is 18.5 Å². The molecule has 0 bridgehead atoms. The first-order chi connectivity index (χ1) is 8.20. The summed E-state index contributed by atoms with van der Waals surface area (Å²) in [6, 6.07) is 3.89. The monoisotopic (exact) mass is 272 g/mol. The minimum absolute atomic E-state index is 0.00387. The predicted molar refractivity (Wildman–Crippen MR) is 71.4 cm³/mol. The standard InChI is InChI=1S/C12H17ClN2OS/c1-2-14-10-4-3-7-15(12(10)16)8-9-5-6-11(13)17-9/h5-6,10,14H,2-4,7-8H2,1H3. The van der Waals surface area contributed by atoms with Crippen LogP contribution in [0.1, 0.15) is 24.6 Å². The van der Waals surface area contributed by atoms with E-state index < -0.39 is 0 Å². The maximum atomic E-state index is 12.2. The molecule has 0 aliphatic carbocycles. The number of carbonyl (C=O) groups excluding carboxylic acids is 1. The van der Waals surface area contributed by atoms with Gasteiger partial charge in [0.15, 0.2) is 0 Å². The van der Waals surface area contributed by atoms with Crippen LogP contribution in [0, 0.1) is 0 Å². The fourth-order valence-corrected chi connectivity index (χ4v) is 3.26. The number of nitrogens with zero attached hydrogens (tertiary/aromatic N) is 1. The van der Waals surface area contributed by atoms with Crippen LogP contribution < -0.4 is 5.32 Å². The van der Waals surface area contributed by atoms with Crippen molar-refractivity contribution >= 4 is 28.8 Å². The first kappa shape index (κ1) is 12.9. The number of rotatable bonds is 4. The van der Waals surface area contributed by atoms with E-state index in [-0.39, 0.29) is 11.9 Å². The summed E-state index contributed by atoms with van der Waals surface area (Å²) in [7, 11) is 0. The van der Waals surface area contributed by atoms with Gasteiger partial charge in [0.25, 0.3) is 0 Å². The third-order valence-corrected chi connectivity index (χ3v) is 4.17. The number of halogens is 1. The van der Waals surface area contributed by atoms with Crippen molar-refractivity contribution in [3.05, 3.63) is 21.3 Å². The van der Waals surface area contributed by atoms with Crippen LogP contribution in [-0.4, -0.2) is 29.9 Å². The summed E-state index contributed by atoms with van der Waals surface area (Å²) in [6.07, 6.45) is 2.02. The molecule has 2 heterocycles. The second-order valence-electron chi connectivity index (χ2n) is 4.22. The summed E-state index contributed by atoms with van der Waals surface area (Å²) < 4.78 is 0.785. The van der Waals surface area contributed by atoms with Crippen LogP contribution in [0.5, 0.6) is 0 Å². The van der Waals surface area contributed by atoms with E-state index in [0.29, 0.717) is 6.54 Å². The largest absolute Gasteiger partial charge is 0.336 e. The van der Waals surface area contributed by atoms with Crippen LogP contribution in [0.3, 0.4) is 0 Å². The van der Waals surface area contributed by atoms with Crippen molar-refractivity contribution in [1.82, 2.24) is 10.2 Å². The van der Waals surface area contributed by atoms with Crippen molar-refractivity contribution in [3.63, 3.8) is 0 Å². The Morgan fingerprint density at radius 1 is 1.59 bits per heavy atom. The van der Waals surface area contributed by atoms with E-state index in [9.17, 15) is 4.79 Å². The van der Waals surface area contributed by atoms with Crippen LogP contribution in [0.15, 0.2) is 12.1 Å². The van der Waals surface area contributed by atoms with Crippen LogP contribution in [-0.2, 0) is 11.3 Å². The van der Waals surface area contributed by atoms with Gasteiger partial charge in [0, 0.05) is 11.4 Å². The number of amides is 1. The molecule has 94 valence electrons. The lowest BCUT2D eigenvalue weighted by molar-refractivity contribution is -0.136. The molecule has 1 unspecified atom stereocenters. The van der Waals surface area contributed by atoms with Crippen molar-refractivity contribution in [2.24, 2.45) is 0 Å². The molecule has 2 rings (SSSR count). The molecule has 1 aromatic heterocycles. The van der Waals surface area contributed by atoms with Gasteiger partial charge in [-0.05, 0) is 31.5 Å². The number of piperidine rings is 1. The quantitative estimate of drug-likeness (QED) is 0.913. The van der Waals surface area contributed by atoms with Gasteiger partial charge >= 0.3 is 0 Å². The molecule has 1 aliphatic heterocycles. The maximum Gasteiger partial charge on any atom is 0.240 e. The lowest BCUT2D eigenvalue weighted by atomic mass is 10.0. The van der Waals surface area contributed by atoms with E-state index in [1.165, 1.54) is 0 Å². The Morgan fingerprint density at radius 3 is 3.06 bits per heavy atom. The molecule has 0 aromatic carbocycles. The average Bonchev–Trinajstić information content (AvgIpc) is 2.70. The summed E-state index contributed by atoms with van der Waals surface area (Å²) in [5.41, 5.74) is 0. The maximum absolute atomic E-state index is 12.2. The van der Waals surface area contributed by atoms with Crippen molar-refractivity contribution in [2.45, 2.75) is 32.4 Å². The topological polar surface area (TPSA) is 32.3 Å². The van der Waals surface area contributed by atoms with Gasteiger partial charge in [-0.15, -0.1) is 11.3 Å². The number of likely N-dealkylation sites (tertiary alicyclic amines) is 1. The third-order valence-electron chi connectivity index (χ3n) is 2.96. The SMILES string of the molecule is CCNC1CCCN(Cc2ccc(Cl)s2)C1=O. The van der Waals surface area contributed by atoms with Crippen LogP contribution in [0.25, 0.3) is 0 Å². The molecule has 5 heteroatoms. The summed E-state index contributed by atoms with van der Waals surface area (Å²) in [5.74, 6) is 0.225. The number of carbonyl (C=O) groups is 1. The zero-order valence-corrected chi connectivity index (χ0v) is 11.5. The Labute approximate surface area is 111 Å². The first-order valence-corrected chi connectivity index (χ1v) is 7.16. The molecule has 0 spiro atoms. The highest BCUT2D eigenvalue weighted by Crippen LogP contribution is 2.24. The molecule has 17 heavy (non-hydrogen) atoms. The zero-order chi connectivity index (χ0) is 12.3. The number of likely N-dealkylation sites (N-methyl/N-ethyl adjacent to an activating group) is 1. The number of nitrogens with one attached hydrogen (secondary N) is 1. The Hall–Kier alpha value is -0.580. The second-order valence-corrected chi connectivity index (χ2v) is 6.02. The lowest BCUT2D eigenvalue weighted by Crippen LogP contribution is -2.50. The van der Waals surface area contributed by atoms with Gasteiger partial charge < -0.3 is 10.2 Å². The molecule has 0 saturated carbocycles. The number of hydrogen-bond acceptors (Lipinski definition) is 3. The lowest BCUT2D eigenvalue weighted by Gasteiger charge is -2.32. The minimum atomic E-state index is 0.00387. The van der Waals surface area contributed by atoms with E-state index in [1.54, 1.807) is 11.3 Å². The van der Waals surface area contributed by atoms with Crippen molar-refractivity contribution < 1.29 is 4.79 Å². The van der Waals surface area contributed by atoms with E-state index in [4.69, 9.17) is 11.6 Å². The number of hydrogen-bond donors (Lipinski definition) is 1. The molecular formula is C12H17ClN2OS. The van der Waals surface area contributed by atoms with Gasteiger partial charge in [0.1, 0.15) is 0 Å². The Balaban J connectivity index is 1.98. The van der Waals surface area contributed by atoms with E-state index in [0.717, 1.165) is 35.1 Å². The fourth-order valence-electron chi connectivity index (χ4n) is 2.16. The molecule has 1 aliphatic rings. The Bertz CT molecular complexity index is 392. The van der Waals surface area contributed by atoms with Crippen LogP contribution >= 0.6 is 22.9 Å². The van der Waals surface area contributed by atoms with Gasteiger partial charge in [-0.25, -0.2) is 0 Å². The van der Waals surface area contributed by atoms with Crippen molar-refractivity contribution in [1.29, 1.82) is 0 Å². The van der Waals surface area contributed by atoms with Crippen molar-refractivity contribution in [3.8, 4) is 0 Å². The van der Waals surface area contributed by atoms with Gasteiger partial charge in [-0.2, -0.15) is 0 Å². The minimum Gasteiger partial charge on any atom is -0.336 e. The second kappa shape index (κ2) is 5.85. The summed E-state index contributed by atoms with van der Waals surface area (Å²) >= 11 is 7.44. The molecule has 1 N–H and O–H groups in total. The predicted octanol–water partition coefficient (Wildman–Crippen LogP) is 2.50. The van der Waals surface area contributed by atoms with E-state index in [1.807, 2.05) is 24.0 Å². The molecular weight excluding hydrogens is 256 g/mol. The highest BCUT2D eigenvalue weighted by molar-refractivity contribution is 7.16. The van der Waals surface area contributed by atoms with E-state index >= 15 is 0 Å². The van der Waals surface area contributed by atoms with Gasteiger partial charge in [0.05, 0.1) is 16.9 Å². The molecule has 1 saturated heterocycles. The van der Waals surface area contributed by atoms with E-state index in [2.05, 4.69) is 5.32 Å².